The first-order chi connectivity index (χ1) is 24.2. The summed E-state index contributed by atoms with van der Waals surface area (Å²) < 4.78 is 0. The molecule has 6 aromatic carbocycles. The van der Waals surface area contributed by atoms with Crippen molar-refractivity contribution in [3.8, 4) is 55.9 Å². The molecule has 0 atom stereocenters. The molecule has 49 heavy (non-hydrogen) atoms. The van der Waals surface area contributed by atoms with Gasteiger partial charge in [-0.1, -0.05) is 134 Å². The van der Waals surface area contributed by atoms with Crippen molar-refractivity contribution < 1.29 is 0 Å². The average molecular weight is 629 g/mol. The first-order valence-corrected chi connectivity index (χ1v) is 17.0. The number of fused-ring (bicyclic) bond motifs is 2. The molecular formula is C47H36N2. The second-order valence-electron chi connectivity index (χ2n) is 12.4. The van der Waals surface area contributed by atoms with Gasteiger partial charge in [0.25, 0.3) is 0 Å². The molecule has 8 rings (SSSR count). The third kappa shape index (κ3) is 5.62. The quantitative estimate of drug-likeness (QED) is 0.164. The Balaban J connectivity index is 1.40. The predicted molar refractivity (Wildman–Crippen MR) is 208 cm³/mol. The number of hydrogen-bond acceptors (Lipinski definition) is 2. The highest BCUT2D eigenvalue weighted by molar-refractivity contribution is 6.22. The highest BCUT2D eigenvalue weighted by Gasteiger charge is 2.19. The van der Waals surface area contributed by atoms with Crippen molar-refractivity contribution in [3.63, 3.8) is 0 Å². The van der Waals surface area contributed by atoms with Crippen LogP contribution in [-0.4, -0.2) is 9.97 Å². The van der Waals surface area contributed by atoms with Crippen LogP contribution >= 0.6 is 0 Å². The van der Waals surface area contributed by atoms with Crippen molar-refractivity contribution in [1.82, 2.24) is 9.97 Å². The van der Waals surface area contributed by atoms with Crippen LogP contribution in [0.15, 0.2) is 164 Å². The van der Waals surface area contributed by atoms with Crippen molar-refractivity contribution in [2.45, 2.75) is 20.3 Å². The SMILES string of the molecule is C/C=C\c1c(CC)cccc1-c1ccc2c(-c3ccc(-c4ccccn4)cc3)c3ccccc3c(-c3ccc(-c4ccccn4)cc3)c2c1. The largest absolute Gasteiger partial charge is 0.256 e. The topological polar surface area (TPSA) is 25.8 Å². The second kappa shape index (κ2) is 13.2. The van der Waals surface area contributed by atoms with E-state index in [0.29, 0.717) is 0 Å². The van der Waals surface area contributed by atoms with E-state index in [9.17, 15) is 0 Å². The molecule has 2 heteroatoms. The van der Waals surface area contributed by atoms with Gasteiger partial charge in [-0.25, -0.2) is 0 Å². The minimum Gasteiger partial charge on any atom is -0.256 e. The number of nitrogens with zero attached hydrogens (tertiary/aromatic N) is 2. The molecule has 0 radical (unpaired) electrons. The van der Waals surface area contributed by atoms with Gasteiger partial charge in [-0.15, -0.1) is 0 Å². The number of hydrogen-bond donors (Lipinski definition) is 0. The lowest BCUT2D eigenvalue weighted by Gasteiger charge is -2.20. The maximum atomic E-state index is 4.60. The van der Waals surface area contributed by atoms with Crippen LogP contribution < -0.4 is 0 Å². The summed E-state index contributed by atoms with van der Waals surface area (Å²) in [5.74, 6) is 0. The van der Waals surface area contributed by atoms with E-state index in [1.807, 2.05) is 36.7 Å². The molecule has 0 aliphatic heterocycles. The number of aromatic nitrogens is 2. The Labute approximate surface area is 288 Å². The summed E-state index contributed by atoms with van der Waals surface area (Å²) in [6.45, 7) is 4.33. The van der Waals surface area contributed by atoms with E-state index in [-0.39, 0.29) is 0 Å². The van der Waals surface area contributed by atoms with Gasteiger partial charge in [0.05, 0.1) is 11.4 Å². The van der Waals surface area contributed by atoms with Crippen LogP contribution in [0.25, 0.3) is 83.5 Å². The van der Waals surface area contributed by atoms with Gasteiger partial charge in [0.1, 0.15) is 0 Å². The molecule has 0 N–H and O–H groups in total. The number of allylic oxidation sites excluding steroid dienone is 1. The molecule has 2 heterocycles. The fourth-order valence-electron chi connectivity index (χ4n) is 7.19. The molecule has 2 aromatic heterocycles. The van der Waals surface area contributed by atoms with Gasteiger partial charge in [0, 0.05) is 23.5 Å². The van der Waals surface area contributed by atoms with Crippen LogP contribution in [0.2, 0.25) is 0 Å². The Kier molecular flexibility index (Phi) is 8.13. The van der Waals surface area contributed by atoms with Gasteiger partial charge in [-0.3, -0.25) is 9.97 Å². The molecule has 0 bridgehead atoms. The fraction of sp³-hybridized carbons (Fsp3) is 0.0638. The maximum absolute atomic E-state index is 4.60. The zero-order valence-electron chi connectivity index (χ0n) is 27.8. The Morgan fingerprint density at radius 3 is 1.51 bits per heavy atom. The summed E-state index contributed by atoms with van der Waals surface area (Å²) in [6, 6.07) is 52.5. The minimum absolute atomic E-state index is 0.975. The Morgan fingerprint density at radius 2 is 0.980 bits per heavy atom. The molecule has 8 aromatic rings. The van der Waals surface area contributed by atoms with Crippen molar-refractivity contribution in [1.29, 1.82) is 0 Å². The second-order valence-corrected chi connectivity index (χ2v) is 12.4. The summed E-state index contributed by atoms with van der Waals surface area (Å²) in [6.07, 6.45) is 9.08. The number of benzene rings is 6. The van der Waals surface area contributed by atoms with Crippen molar-refractivity contribution in [3.05, 3.63) is 175 Å². The van der Waals surface area contributed by atoms with Crippen LogP contribution in [0.5, 0.6) is 0 Å². The molecule has 0 aliphatic rings. The predicted octanol–water partition coefficient (Wildman–Crippen LogP) is 12.7. The Bertz CT molecular complexity index is 2440. The van der Waals surface area contributed by atoms with Crippen molar-refractivity contribution in [2.24, 2.45) is 0 Å². The van der Waals surface area contributed by atoms with Gasteiger partial charge < -0.3 is 0 Å². The normalized spacial score (nSPS) is 11.5. The summed E-state index contributed by atoms with van der Waals surface area (Å²) >= 11 is 0. The summed E-state index contributed by atoms with van der Waals surface area (Å²) in [4.78, 5) is 9.18. The third-order valence-electron chi connectivity index (χ3n) is 9.51. The Morgan fingerprint density at radius 1 is 0.469 bits per heavy atom. The monoisotopic (exact) mass is 628 g/mol. The standard InChI is InChI=1S/C47H36N2/c1-3-12-38-32(4-2)13-11-16-39(38)37-27-28-42-43(31-37)47(36-25-21-34(22-26-36)45-18-8-10-30-49-45)41-15-6-5-14-40(41)46(42)35-23-19-33(20-24-35)44-17-7-9-29-48-44/h3,5-31H,4H2,1-2H3/b12-3-. The lowest BCUT2D eigenvalue weighted by Crippen LogP contribution is -1.94. The fourth-order valence-corrected chi connectivity index (χ4v) is 7.19. The number of aryl methyl sites for hydroxylation is 1. The van der Waals surface area contributed by atoms with E-state index in [4.69, 9.17) is 0 Å². The van der Waals surface area contributed by atoms with Gasteiger partial charge in [0.2, 0.25) is 0 Å². The summed E-state index contributed by atoms with van der Waals surface area (Å²) in [7, 11) is 0. The molecule has 0 amide bonds. The van der Waals surface area contributed by atoms with Crippen molar-refractivity contribution >= 4 is 27.6 Å². The van der Waals surface area contributed by atoms with E-state index < -0.39 is 0 Å². The first kappa shape index (κ1) is 30.2. The average Bonchev–Trinajstić information content (AvgIpc) is 3.18. The highest BCUT2D eigenvalue weighted by atomic mass is 14.7. The molecule has 0 saturated heterocycles. The van der Waals surface area contributed by atoms with Crippen LogP contribution in [0.1, 0.15) is 25.0 Å². The van der Waals surface area contributed by atoms with Crippen molar-refractivity contribution in [2.75, 3.05) is 0 Å². The molecular weight excluding hydrogens is 593 g/mol. The van der Waals surface area contributed by atoms with E-state index in [0.717, 1.165) is 28.9 Å². The molecule has 234 valence electrons. The zero-order valence-corrected chi connectivity index (χ0v) is 27.8. The third-order valence-corrected chi connectivity index (χ3v) is 9.51. The van der Waals surface area contributed by atoms with Gasteiger partial charge in [-0.2, -0.15) is 0 Å². The van der Waals surface area contributed by atoms with Crippen LogP contribution in [0, 0.1) is 0 Å². The zero-order chi connectivity index (χ0) is 33.2. The molecule has 0 saturated carbocycles. The molecule has 2 nitrogen and oxygen atoms in total. The smallest absolute Gasteiger partial charge is 0.0701 e. The van der Waals surface area contributed by atoms with E-state index >= 15 is 0 Å². The maximum Gasteiger partial charge on any atom is 0.0701 e. The van der Waals surface area contributed by atoms with E-state index in [2.05, 4.69) is 157 Å². The lowest BCUT2D eigenvalue weighted by atomic mass is 9.84. The molecule has 0 unspecified atom stereocenters. The first-order valence-electron chi connectivity index (χ1n) is 17.0. The summed E-state index contributed by atoms with van der Waals surface area (Å²) in [5.41, 5.74) is 14.1. The van der Waals surface area contributed by atoms with Crippen LogP contribution in [0.4, 0.5) is 0 Å². The Hall–Kier alpha value is -6.12. The van der Waals surface area contributed by atoms with Gasteiger partial charge in [0.15, 0.2) is 0 Å². The van der Waals surface area contributed by atoms with Gasteiger partial charge in [-0.05, 0) is 110 Å². The highest BCUT2D eigenvalue weighted by Crippen LogP contribution is 2.45. The van der Waals surface area contributed by atoms with E-state index in [1.54, 1.807) is 0 Å². The lowest BCUT2D eigenvalue weighted by molar-refractivity contribution is 1.13. The number of rotatable bonds is 7. The molecule has 0 aliphatic carbocycles. The van der Waals surface area contributed by atoms with Crippen LogP contribution in [-0.2, 0) is 6.42 Å². The molecule has 0 fully saturated rings. The minimum atomic E-state index is 0.975. The molecule has 0 spiro atoms. The van der Waals surface area contributed by atoms with E-state index in [1.165, 1.54) is 66.1 Å². The van der Waals surface area contributed by atoms with Crippen LogP contribution in [0.3, 0.4) is 0 Å². The number of pyridine rings is 2. The summed E-state index contributed by atoms with van der Waals surface area (Å²) in [5, 5.41) is 4.94. The van der Waals surface area contributed by atoms with Gasteiger partial charge >= 0.3 is 0 Å².